The number of rotatable bonds is 12. The number of nitrogens with one attached hydrogen (secondary N) is 3. The van der Waals surface area contributed by atoms with Crippen molar-refractivity contribution in [2.24, 2.45) is 11.7 Å². The van der Waals surface area contributed by atoms with Crippen LogP contribution in [0.5, 0.6) is 0 Å². The summed E-state index contributed by atoms with van der Waals surface area (Å²) in [4.78, 5) is 57.0. The van der Waals surface area contributed by atoms with Crippen molar-refractivity contribution < 1.29 is 39.3 Å². The van der Waals surface area contributed by atoms with Gasteiger partial charge in [-0.05, 0) is 12.3 Å². The van der Waals surface area contributed by atoms with Gasteiger partial charge in [0.05, 0.1) is 19.2 Å². The Kier molecular flexibility index (Phi) is 10.6. The van der Waals surface area contributed by atoms with Gasteiger partial charge in [0, 0.05) is 6.42 Å². The average molecular weight is 390 g/mol. The molecule has 0 rings (SSSR count). The predicted molar refractivity (Wildman–Crippen MR) is 91.3 cm³/mol. The summed E-state index contributed by atoms with van der Waals surface area (Å²) in [6.07, 6.45) is -0.860. The third-order valence-corrected chi connectivity index (χ3v) is 3.54. The fourth-order valence-electron chi connectivity index (χ4n) is 1.82. The molecule has 0 aromatic heterocycles. The first-order valence-corrected chi connectivity index (χ1v) is 8.18. The first kappa shape index (κ1) is 24.3. The van der Waals surface area contributed by atoms with Crippen LogP contribution in [0.1, 0.15) is 26.7 Å². The number of aliphatic hydroxyl groups is 1. The van der Waals surface area contributed by atoms with Crippen molar-refractivity contribution in [3.8, 4) is 0 Å². The monoisotopic (exact) mass is 390 g/mol. The summed E-state index contributed by atoms with van der Waals surface area (Å²) in [6, 6.07) is -3.79. The van der Waals surface area contributed by atoms with E-state index >= 15 is 0 Å². The van der Waals surface area contributed by atoms with Crippen molar-refractivity contribution in [2.75, 3.05) is 13.2 Å². The van der Waals surface area contributed by atoms with Crippen molar-refractivity contribution >= 4 is 29.7 Å². The van der Waals surface area contributed by atoms with Gasteiger partial charge in [0.15, 0.2) is 0 Å². The number of carboxylic acids is 2. The summed E-state index contributed by atoms with van der Waals surface area (Å²) in [6.45, 7) is 2.12. The highest BCUT2D eigenvalue weighted by Gasteiger charge is 2.27. The Labute approximate surface area is 155 Å². The number of carbonyl (C=O) groups excluding carboxylic acids is 3. The third kappa shape index (κ3) is 9.51. The van der Waals surface area contributed by atoms with Crippen LogP contribution in [-0.4, -0.2) is 76.3 Å². The number of nitrogens with two attached hydrogens (primary N) is 1. The molecule has 0 aromatic rings. The number of carboxylic acid groups (broad SMARTS) is 2. The summed E-state index contributed by atoms with van der Waals surface area (Å²) >= 11 is 0. The van der Waals surface area contributed by atoms with E-state index in [0.717, 1.165) is 0 Å². The highest BCUT2D eigenvalue weighted by molar-refractivity contribution is 5.92. The number of aliphatic hydroxyl groups excluding tert-OH is 1. The maximum absolute atomic E-state index is 12.0. The van der Waals surface area contributed by atoms with E-state index < -0.39 is 67.4 Å². The molecule has 0 radical (unpaired) electrons. The minimum atomic E-state index is -1.50. The molecule has 154 valence electrons. The van der Waals surface area contributed by atoms with Crippen LogP contribution in [0.2, 0.25) is 0 Å². The second kappa shape index (κ2) is 11.8. The first-order chi connectivity index (χ1) is 12.5. The van der Waals surface area contributed by atoms with Crippen molar-refractivity contribution in [2.45, 2.75) is 44.8 Å². The second-order valence-corrected chi connectivity index (χ2v) is 6.12. The van der Waals surface area contributed by atoms with Gasteiger partial charge in [-0.25, -0.2) is 4.79 Å². The smallest absolute Gasteiger partial charge is 0.326 e. The summed E-state index contributed by atoms with van der Waals surface area (Å²) in [5.41, 5.74) is 5.61. The molecular weight excluding hydrogens is 364 g/mol. The summed E-state index contributed by atoms with van der Waals surface area (Å²) in [7, 11) is 0. The zero-order valence-electron chi connectivity index (χ0n) is 15.1. The molecule has 0 bridgehead atoms. The lowest BCUT2D eigenvalue weighted by molar-refractivity contribution is -0.143. The SMILES string of the molecule is CC(C)C(N)C(=O)NCC(=O)NC(CO)C(=O)NC(CCC(=O)O)C(=O)O. The van der Waals surface area contributed by atoms with E-state index in [1.54, 1.807) is 13.8 Å². The second-order valence-electron chi connectivity index (χ2n) is 6.12. The topological polar surface area (TPSA) is 208 Å². The molecule has 0 saturated heterocycles. The third-order valence-electron chi connectivity index (χ3n) is 3.54. The van der Waals surface area contributed by atoms with Crippen LogP contribution in [0.25, 0.3) is 0 Å². The standard InChI is InChI=1S/C15H26N4O8/c1-7(2)12(16)14(25)17-5-10(21)18-9(6-20)13(24)19-8(15(26)27)3-4-11(22)23/h7-9,12,20H,3-6,16H2,1-2H3,(H,17,25)(H,18,21)(H,19,24)(H,22,23)(H,26,27). The molecule has 27 heavy (non-hydrogen) atoms. The van der Waals surface area contributed by atoms with Crippen LogP contribution in [0, 0.1) is 5.92 Å². The molecule has 3 atom stereocenters. The lowest BCUT2D eigenvalue weighted by atomic mass is 10.1. The predicted octanol–water partition coefficient (Wildman–Crippen LogP) is -3.00. The van der Waals surface area contributed by atoms with E-state index in [-0.39, 0.29) is 12.3 Å². The van der Waals surface area contributed by atoms with E-state index in [2.05, 4.69) is 10.6 Å². The van der Waals surface area contributed by atoms with Gasteiger partial charge in [0.25, 0.3) is 0 Å². The van der Waals surface area contributed by atoms with Crippen LogP contribution in [-0.2, 0) is 24.0 Å². The lowest BCUT2D eigenvalue weighted by Gasteiger charge is -2.20. The van der Waals surface area contributed by atoms with Gasteiger partial charge < -0.3 is 37.0 Å². The van der Waals surface area contributed by atoms with Crippen molar-refractivity contribution in [3.05, 3.63) is 0 Å². The number of aliphatic carboxylic acids is 2. The average Bonchev–Trinajstić information content (AvgIpc) is 2.59. The van der Waals surface area contributed by atoms with Gasteiger partial charge >= 0.3 is 11.9 Å². The Morgan fingerprint density at radius 1 is 0.963 bits per heavy atom. The van der Waals surface area contributed by atoms with Crippen molar-refractivity contribution in [3.63, 3.8) is 0 Å². The van der Waals surface area contributed by atoms with Crippen LogP contribution in [0.15, 0.2) is 0 Å². The molecule has 0 aromatic carbocycles. The Balaban J connectivity index is 4.65. The molecule has 0 aliphatic carbocycles. The molecule has 12 heteroatoms. The number of hydrogen-bond donors (Lipinski definition) is 7. The van der Waals surface area contributed by atoms with E-state index in [0.29, 0.717) is 0 Å². The Hall–Kier alpha value is -2.73. The van der Waals surface area contributed by atoms with Crippen LogP contribution in [0.3, 0.4) is 0 Å². The summed E-state index contributed by atoms with van der Waals surface area (Å²) in [5.74, 6) is -5.22. The zero-order chi connectivity index (χ0) is 21.1. The summed E-state index contributed by atoms with van der Waals surface area (Å²) < 4.78 is 0. The molecule has 12 nitrogen and oxygen atoms in total. The highest BCUT2D eigenvalue weighted by Crippen LogP contribution is 2.00. The van der Waals surface area contributed by atoms with E-state index in [4.69, 9.17) is 15.9 Å². The molecule has 0 fully saturated rings. The van der Waals surface area contributed by atoms with Gasteiger partial charge in [-0.3, -0.25) is 19.2 Å². The molecular formula is C15H26N4O8. The van der Waals surface area contributed by atoms with Crippen LogP contribution >= 0.6 is 0 Å². The Morgan fingerprint density at radius 2 is 1.56 bits per heavy atom. The first-order valence-electron chi connectivity index (χ1n) is 8.18. The largest absolute Gasteiger partial charge is 0.481 e. The molecule has 8 N–H and O–H groups in total. The molecule has 0 aliphatic heterocycles. The normalized spacial score (nSPS) is 14.0. The zero-order valence-corrected chi connectivity index (χ0v) is 15.1. The number of hydrogen-bond acceptors (Lipinski definition) is 7. The van der Waals surface area contributed by atoms with Gasteiger partial charge in [-0.15, -0.1) is 0 Å². The molecule has 0 aliphatic rings. The maximum Gasteiger partial charge on any atom is 0.326 e. The lowest BCUT2D eigenvalue weighted by Crippen LogP contribution is -2.55. The number of carbonyl (C=O) groups is 5. The molecule has 0 saturated carbocycles. The minimum Gasteiger partial charge on any atom is -0.481 e. The van der Waals surface area contributed by atoms with E-state index in [1.165, 1.54) is 0 Å². The molecule has 0 heterocycles. The van der Waals surface area contributed by atoms with Crippen molar-refractivity contribution in [1.82, 2.24) is 16.0 Å². The quantitative estimate of drug-likeness (QED) is 0.181. The highest BCUT2D eigenvalue weighted by atomic mass is 16.4. The van der Waals surface area contributed by atoms with Crippen LogP contribution < -0.4 is 21.7 Å². The van der Waals surface area contributed by atoms with Crippen molar-refractivity contribution in [1.29, 1.82) is 0 Å². The van der Waals surface area contributed by atoms with E-state index in [9.17, 15) is 29.1 Å². The molecule has 0 spiro atoms. The molecule has 3 unspecified atom stereocenters. The van der Waals surface area contributed by atoms with E-state index in [1.807, 2.05) is 5.32 Å². The number of amides is 3. The maximum atomic E-state index is 12.0. The summed E-state index contributed by atoms with van der Waals surface area (Å²) in [5, 5.41) is 33.3. The fraction of sp³-hybridized carbons (Fsp3) is 0.667. The Bertz CT molecular complexity index is 566. The van der Waals surface area contributed by atoms with Gasteiger partial charge in [-0.2, -0.15) is 0 Å². The minimum absolute atomic E-state index is 0.150. The van der Waals surface area contributed by atoms with Gasteiger partial charge in [0.1, 0.15) is 12.1 Å². The van der Waals surface area contributed by atoms with Crippen LogP contribution in [0.4, 0.5) is 0 Å². The van der Waals surface area contributed by atoms with Gasteiger partial charge in [0.2, 0.25) is 17.7 Å². The fourth-order valence-corrected chi connectivity index (χ4v) is 1.82. The van der Waals surface area contributed by atoms with Gasteiger partial charge in [-0.1, -0.05) is 13.8 Å². The molecule has 3 amide bonds. The Morgan fingerprint density at radius 3 is 2.00 bits per heavy atom.